The van der Waals surface area contributed by atoms with Gasteiger partial charge in [-0.1, -0.05) is 12.1 Å². The molecule has 5 heteroatoms. The maximum atomic E-state index is 12.3. The lowest BCUT2D eigenvalue weighted by atomic mass is 9.85. The Labute approximate surface area is 107 Å². The third-order valence-corrected chi connectivity index (χ3v) is 3.06. The molecular weight excluding hydrogens is 248 g/mol. The van der Waals surface area contributed by atoms with Gasteiger partial charge in [-0.2, -0.15) is 0 Å². The van der Waals surface area contributed by atoms with Crippen LogP contribution in [-0.4, -0.2) is 24.6 Å². The van der Waals surface area contributed by atoms with Crippen molar-refractivity contribution in [1.29, 1.82) is 0 Å². The van der Waals surface area contributed by atoms with E-state index in [4.69, 9.17) is 4.42 Å². The van der Waals surface area contributed by atoms with E-state index < -0.39 is 17.5 Å². The van der Waals surface area contributed by atoms with Crippen LogP contribution in [0.1, 0.15) is 42.4 Å². The number of benzene rings is 1. The van der Waals surface area contributed by atoms with Gasteiger partial charge in [0.05, 0.1) is 24.5 Å². The quantitative estimate of drug-likeness (QED) is 0.621. The van der Waals surface area contributed by atoms with Crippen LogP contribution >= 0.6 is 0 Å². The Kier molecular flexibility index (Phi) is 2.35. The number of ketones is 2. The molecule has 3 rings (SSSR count). The summed E-state index contributed by atoms with van der Waals surface area (Å²) in [6, 6.07) is 5.91. The molecule has 94 valence electrons. The fourth-order valence-electron chi connectivity index (χ4n) is 2.19. The first-order chi connectivity index (χ1) is 9.15. The van der Waals surface area contributed by atoms with Crippen LogP contribution < -0.4 is 0 Å². The monoisotopic (exact) mass is 256 g/mol. The molecule has 0 amide bonds. The van der Waals surface area contributed by atoms with Gasteiger partial charge in [-0.15, -0.1) is 0 Å². The molecule has 0 saturated carbocycles. The van der Waals surface area contributed by atoms with Crippen LogP contribution in [0, 0.1) is 0 Å². The number of methoxy groups -OCH3 is 1. The van der Waals surface area contributed by atoms with E-state index in [-0.39, 0.29) is 28.0 Å². The molecule has 0 fully saturated rings. The standard InChI is InChI=1S/C14H8O5/c1-18-14(17)8-4-2-3-7-10(8)11(15)9-5-6-19-13(9)12(7)16/h2-6H,1H3. The summed E-state index contributed by atoms with van der Waals surface area (Å²) in [5.41, 5.74) is 0.502. The van der Waals surface area contributed by atoms with Crippen molar-refractivity contribution in [2.24, 2.45) is 0 Å². The average Bonchev–Trinajstić information content (AvgIpc) is 2.93. The van der Waals surface area contributed by atoms with Crippen molar-refractivity contribution >= 4 is 17.5 Å². The van der Waals surface area contributed by atoms with Gasteiger partial charge < -0.3 is 9.15 Å². The third kappa shape index (κ3) is 1.45. The first-order valence-electron chi connectivity index (χ1n) is 5.53. The lowest BCUT2D eigenvalue weighted by Gasteiger charge is -2.15. The highest BCUT2D eigenvalue weighted by Crippen LogP contribution is 2.30. The topological polar surface area (TPSA) is 73.6 Å². The van der Waals surface area contributed by atoms with Gasteiger partial charge in [0.1, 0.15) is 0 Å². The van der Waals surface area contributed by atoms with E-state index in [1.54, 1.807) is 0 Å². The van der Waals surface area contributed by atoms with Crippen LogP contribution in [0.5, 0.6) is 0 Å². The zero-order valence-electron chi connectivity index (χ0n) is 9.93. The molecule has 0 spiro atoms. The van der Waals surface area contributed by atoms with Gasteiger partial charge >= 0.3 is 5.97 Å². The second kappa shape index (κ2) is 3.91. The average molecular weight is 256 g/mol. The molecule has 1 aliphatic rings. The van der Waals surface area contributed by atoms with Gasteiger partial charge in [0, 0.05) is 11.1 Å². The molecule has 0 N–H and O–H groups in total. The summed E-state index contributed by atoms with van der Waals surface area (Å²) in [5, 5.41) is 0. The van der Waals surface area contributed by atoms with Crippen molar-refractivity contribution in [3.8, 4) is 0 Å². The highest BCUT2D eigenvalue weighted by molar-refractivity contribution is 6.29. The van der Waals surface area contributed by atoms with Crippen LogP contribution in [0.25, 0.3) is 0 Å². The molecule has 0 unspecified atom stereocenters. The van der Waals surface area contributed by atoms with Crippen LogP contribution in [0.3, 0.4) is 0 Å². The maximum Gasteiger partial charge on any atom is 0.338 e. The summed E-state index contributed by atoms with van der Waals surface area (Å²) >= 11 is 0. The van der Waals surface area contributed by atoms with Gasteiger partial charge in [0.25, 0.3) is 0 Å². The molecular formula is C14H8O5. The lowest BCUT2D eigenvalue weighted by molar-refractivity contribution is 0.0597. The summed E-state index contributed by atoms with van der Waals surface area (Å²) in [5.74, 6) is -1.44. The minimum absolute atomic E-state index is 0.0134. The summed E-state index contributed by atoms with van der Waals surface area (Å²) in [4.78, 5) is 36.2. The van der Waals surface area contributed by atoms with Gasteiger partial charge in [-0.05, 0) is 12.1 Å². The summed E-state index contributed by atoms with van der Waals surface area (Å²) < 4.78 is 9.67. The van der Waals surface area contributed by atoms with Crippen molar-refractivity contribution < 1.29 is 23.5 Å². The van der Waals surface area contributed by atoms with Gasteiger partial charge in [-0.25, -0.2) is 4.79 Å². The number of hydrogen-bond donors (Lipinski definition) is 0. The first kappa shape index (κ1) is 11.4. The van der Waals surface area contributed by atoms with Crippen molar-refractivity contribution in [2.75, 3.05) is 7.11 Å². The summed E-state index contributed by atoms with van der Waals surface area (Å²) in [6.07, 6.45) is 1.28. The Morgan fingerprint density at radius 2 is 1.89 bits per heavy atom. The number of fused-ring (bicyclic) bond motifs is 2. The van der Waals surface area contributed by atoms with E-state index in [1.165, 1.54) is 37.6 Å². The second-order valence-electron chi connectivity index (χ2n) is 4.04. The number of hydrogen-bond acceptors (Lipinski definition) is 5. The summed E-state index contributed by atoms with van der Waals surface area (Å²) in [7, 11) is 1.22. The number of carbonyl (C=O) groups excluding carboxylic acids is 3. The zero-order chi connectivity index (χ0) is 13.6. The number of furan rings is 1. The molecule has 1 aliphatic carbocycles. The van der Waals surface area contributed by atoms with Crippen LogP contribution in [-0.2, 0) is 4.74 Å². The zero-order valence-corrected chi connectivity index (χ0v) is 9.93. The molecule has 1 heterocycles. The first-order valence-corrected chi connectivity index (χ1v) is 5.53. The molecule has 1 aromatic heterocycles. The fraction of sp³-hybridized carbons (Fsp3) is 0.0714. The number of ether oxygens (including phenoxy) is 1. The molecule has 0 aliphatic heterocycles. The van der Waals surface area contributed by atoms with Crippen molar-refractivity contribution in [1.82, 2.24) is 0 Å². The third-order valence-electron chi connectivity index (χ3n) is 3.06. The predicted octanol–water partition coefficient (Wildman–Crippen LogP) is 1.84. The fourth-order valence-corrected chi connectivity index (χ4v) is 2.19. The lowest BCUT2D eigenvalue weighted by Crippen LogP contribution is -2.23. The molecule has 5 nitrogen and oxygen atoms in total. The Hall–Kier alpha value is -2.69. The number of esters is 1. The van der Waals surface area contributed by atoms with Crippen LogP contribution in [0.15, 0.2) is 34.9 Å². The largest absolute Gasteiger partial charge is 0.465 e. The van der Waals surface area contributed by atoms with Crippen LogP contribution in [0.2, 0.25) is 0 Å². The summed E-state index contributed by atoms with van der Waals surface area (Å²) in [6.45, 7) is 0. The normalized spacial score (nSPS) is 12.9. The minimum Gasteiger partial charge on any atom is -0.465 e. The van der Waals surface area contributed by atoms with E-state index in [0.29, 0.717) is 0 Å². The van der Waals surface area contributed by atoms with Gasteiger partial charge in [0.15, 0.2) is 11.5 Å². The molecule has 2 aromatic rings. The Balaban J connectivity index is 2.31. The maximum absolute atomic E-state index is 12.3. The van der Waals surface area contributed by atoms with E-state index in [9.17, 15) is 14.4 Å². The van der Waals surface area contributed by atoms with E-state index in [2.05, 4.69) is 4.74 Å². The van der Waals surface area contributed by atoms with Crippen LogP contribution in [0.4, 0.5) is 0 Å². The van der Waals surface area contributed by atoms with Gasteiger partial charge in [0.2, 0.25) is 5.78 Å². The Bertz CT molecular complexity index is 723. The van der Waals surface area contributed by atoms with Gasteiger partial charge in [-0.3, -0.25) is 9.59 Å². The molecule has 19 heavy (non-hydrogen) atoms. The highest BCUT2D eigenvalue weighted by atomic mass is 16.5. The molecule has 0 radical (unpaired) electrons. The molecule has 0 saturated heterocycles. The second-order valence-corrected chi connectivity index (χ2v) is 4.04. The number of rotatable bonds is 1. The van der Waals surface area contributed by atoms with E-state index in [0.717, 1.165) is 0 Å². The van der Waals surface area contributed by atoms with E-state index >= 15 is 0 Å². The molecule has 0 bridgehead atoms. The Morgan fingerprint density at radius 1 is 1.11 bits per heavy atom. The Morgan fingerprint density at radius 3 is 2.63 bits per heavy atom. The van der Waals surface area contributed by atoms with Crippen molar-refractivity contribution in [2.45, 2.75) is 0 Å². The minimum atomic E-state index is -0.648. The smallest absolute Gasteiger partial charge is 0.338 e. The SMILES string of the molecule is COC(=O)c1cccc2c1C(=O)c1ccoc1C2=O. The van der Waals surface area contributed by atoms with E-state index in [1.807, 2.05) is 0 Å². The molecule has 1 aromatic carbocycles. The predicted molar refractivity (Wildman–Crippen MR) is 63.4 cm³/mol. The molecule has 0 atom stereocenters. The highest BCUT2D eigenvalue weighted by Gasteiger charge is 2.35. The number of carbonyl (C=O) groups is 3. The van der Waals surface area contributed by atoms with Crippen molar-refractivity contribution in [3.05, 3.63) is 58.5 Å². The van der Waals surface area contributed by atoms with Crippen molar-refractivity contribution in [3.63, 3.8) is 0 Å².